The third kappa shape index (κ3) is 4.60. The van der Waals surface area contributed by atoms with Gasteiger partial charge in [0.2, 0.25) is 5.91 Å². The van der Waals surface area contributed by atoms with Crippen molar-refractivity contribution in [2.75, 3.05) is 6.54 Å². The van der Waals surface area contributed by atoms with E-state index in [1.807, 2.05) is 5.38 Å². The van der Waals surface area contributed by atoms with Crippen molar-refractivity contribution < 1.29 is 9.18 Å². The molecule has 0 aliphatic carbocycles. The highest BCUT2D eigenvalue weighted by Crippen LogP contribution is 2.30. The van der Waals surface area contributed by atoms with Crippen molar-refractivity contribution in [3.05, 3.63) is 52.1 Å². The Morgan fingerprint density at radius 3 is 2.74 bits per heavy atom. The first-order valence-corrected chi connectivity index (χ1v) is 9.97. The van der Waals surface area contributed by atoms with Crippen LogP contribution in [0.4, 0.5) is 4.39 Å². The van der Waals surface area contributed by atoms with Gasteiger partial charge in [-0.25, -0.2) is 9.37 Å². The summed E-state index contributed by atoms with van der Waals surface area (Å²) in [6.07, 6.45) is 5.73. The lowest BCUT2D eigenvalue weighted by Gasteiger charge is -2.08. The van der Waals surface area contributed by atoms with Gasteiger partial charge in [0.05, 0.1) is 11.7 Å². The summed E-state index contributed by atoms with van der Waals surface area (Å²) in [6.45, 7) is 2.69. The van der Waals surface area contributed by atoms with E-state index in [1.165, 1.54) is 34.4 Å². The van der Waals surface area contributed by atoms with Crippen LogP contribution in [0.25, 0.3) is 21.3 Å². The third-order valence-electron chi connectivity index (χ3n) is 4.38. The summed E-state index contributed by atoms with van der Waals surface area (Å²) in [4.78, 5) is 29.9. The molecule has 1 aromatic carbocycles. The second-order valence-electron chi connectivity index (χ2n) is 6.42. The van der Waals surface area contributed by atoms with Crippen molar-refractivity contribution in [2.45, 2.75) is 39.2 Å². The van der Waals surface area contributed by atoms with E-state index in [4.69, 9.17) is 0 Å². The van der Waals surface area contributed by atoms with Gasteiger partial charge in [0.25, 0.3) is 5.56 Å². The summed E-state index contributed by atoms with van der Waals surface area (Å²) in [7, 11) is 0. The van der Waals surface area contributed by atoms with Gasteiger partial charge >= 0.3 is 0 Å². The highest BCUT2D eigenvalue weighted by molar-refractivity contribution is 7.17. The molecule has 0 aliphatic heterocycles. The number of nitrogens with zero attached hydrogens (tertiary/aromatic N) is 2. The van der Waals surface area contributed by atoms with Gasteiger partial charge in [-0.15, -0.1) is 11.3 Å². The highest BCUT2D eigenvalue weighted by atomic mass is 32.1. The van der Waals surface area contributed by atoms with Crippen molar-refractivity contribution in [2.24, 2.45) is 0 Å². The number of unbranched alkanes of at least 4 members (excludes halogenated alkanes) is 3. The van der Waals surface area contributed by atoms with Gasteiger partial charge in [-0.3, -0.25) is 14.2 Å². The summed E-state index contributed by atoms with van der Waals surface area (Å²) in [5.74, 6) is -0.530. The van der Waals surface area contributed by atoms with Gasteiger partial charge in [0.1, 0.15) is 17.2 Å². The Hall–Kier alpha value is -2.54. The summed E-state index contributed by atoms with van der Waals surface area (Å²) in [6, 6.07) is 5.99. The van der Waals surface area contributed by atoms with Crippen LogP contribution in [-0.4, -0.2) is 22.0 Å². The molecule has 3 aromatic rings. The maximum Gasteiger partial charge on any atom is 0.263 e. The molecule has 5 nitrogen and oxygen atoms in total. The monoisotopic (exact) mass is 387 g/mol. The van der Waals surface area contributed by atoms with E-state index in [0.29, 0.717) is 22.3 Å². The fraction of sp³-hybridized carbons (Fsp3) is 0.350. The molecule has 0 unspecified atom stereocenters. The Labute approximate surface area is 160 Å². The molecule has 2 heterocycles. The summed E-state index contributed by atoms with van der Waals surface area (Å²) < 4.78 is 14.5. The molecule has 1 amide bonds. The average molecular weight is 387 g/mol. The van der Waals surface area contributed by atoms with Crippen LogP contribution in [-0.2, 0) is 11.3 Å². The van der Waals surface area contributed by atoms with Gasteiger partial charge in [-0.2, -0.15) is 0 Å². The third-order valence-corrected chi connectivity index (χ3v) is 5.27. The van der Waals surface area contributed by atoms with Crippen molar-refractivity contribution in [1.29, 1.82) is 0 Å². The molecule has 3 rings (SSSR count). The number of thiophene rings is 1. The Kier molecular flexibility index (Phi) is 6.34. The van der Waals surface area contributed by atoms with Gasteiger partial charge in [-0.1, -0.05) is 38.3 Å². The minimum absolute atomic E-state index is 0.0613. The number of carbonyl (C=O) groups is 1. The number of hydrogen-bond donors (Lipinski definition) is 1. The van der Waals surface area contributed by atoms with E-state index in [0.717, 1.165) is 31.2 Å². The van der Waals surface area contributed by atoms with E-state index in [-0.39, 0.29) is 23.8 Å². The zero-order chi connectivity index (χ0) is 19.2. The molecule has 0 aliphatic rings. The first-order valence-electron chi connectivity index (χ1n) is 9.09. The molecule has 0 radical (unpaired) electrons. The number of aromatic nitrogens is 2. The van der Waals surface area contributed by atoms with Gasteiger partial charge in [0, 0.05) is 17.5 Å². The highest BCUT2D eigenvalue weighted by Gasteiger charge is 2.14. The number of halogens is 1. The van der Waals surface area contributed by atoms with E-state index >= 15 is 0 Å². The molecular weight excluding hydrogens is 365 g/mol. The van der Waals surface area contributed by atoms with Crippen LogP contribution < -0.4 is 10.9 Å². The van der Waals surface area contributed by atoms with E-state index < -0.39 is 0 Å². The quantitative estimate of drug-likeness (QED) is 0.595. The first-order chi connectivity index (χ1) is 13.1. The van der Waals surface area contributed by atoms with Crippen LogP contribution in [0.2, 0.25) is 0 Å². The molecular formula is C20H22FN3O2S. The van der Waals surface area contributed by atoms with Crippen molar-refractivity contribution in [3.63, 3.8) is 0 Å². The van der Waals surface area contributed by atoms with Gasteiger partial charge < -0.3 is 5.32 Å². The van der Waals surface area contributed by atoms with Gasteiger partial charge in [-0.05, 0) is 24.1 Å². The van der Waals surface area contributed by atoms with Crippen molar-refractivity contribution >= 4 is 27.5 Å². The lowest BCUT2D eigenvalue weighted by molar-refractivity contribution is -0.121. The summed E-state index contributed by atoms with van der Waals surface area (Å²) >= 11 is 1.36. The largest absolute Gasteiger partial charge is 0.355 e. The van der Waals surface area contributed by atoms with Gasteiger partial charge in [0.15, 0.2) is 0 Å². The molecule has 0 saturated carbocycles. The van der Waals surface area contributed by atoms with Crippen LogP contribution >= 0.6 is 11.3 Å². The van der Waals surface area contributed by atoms with Crippen LogP contribution in [0.3, 0.4) is 0 Å². The molecule has 7 heteroatoms. The number of amides is 1. The summed E-state index contributed by atoms with van der Waals surface area (Å²) in [5, 5.41) is 5.15. The second-order valence-corrected chi connectivity index (χ2v) is 7.28. The van der Waals surface area contributed by atoms with Crippen LogP contribution in [0.5, 0.6) is 0 Å². The Morgan fingerprint density at radius 1 is 1.22 bits per heavy atom. The van der Waals surface area contributed by atoms with E-state index in [1.54, 1.807) is 12.1 Å². The smallest absolute Gasteiger partial charge is 0.263 e. The van der Waals surface area contributed by atoms with Crippen LogP contribution in [0.15, 0.2) is 40.8 Å². The molecule has 0 atom stereocenters. The molecule has 0 spiro atoms. The van der Waals surface area contributed by atoms with Crippen LogP contribution in [0, 0.1) is 5.82 Å². The SMILES string of the molecule is CCCCCCNC(=O)Cn1cnc2scc(-c3ccc(F)cc3)c2c1=O. The van der Waals surface area contributed by atoms with Crippen molar-refractivity contribution in [1.82, 2.24) is 14.9 Å². The Morgan fingerprint density at radius 2 is 2.00 bits per heavy atom. The van der Waals surface area contributed by atoms with Crippen LogP contribution in [0.1, 0.15) is 32.6 Å². The molecule has 1 N–H and O–H groups in total. The Balaban J connectivity index is 1.78. The first kappa shape index (κ1) is 19.2. The molecule has 0 fully saturated rings. The lowest BCUT2D eigenvalue weighted by Crippen LogP contribution is -2.32. The topological polar surface area (TPSA) is 64.0 Å². The number of nitrogens with one attached hydrogen (secondary N) is 1. The maximum atomic E-state index is 13.2. The molecule has 0 bridgehead atoms. The lowest BCUT2D eigenvalue weighted by atomic mass is 10.1. The standard InChI is InChI=1S/C20H22FN3O2S/c1-2-3-4-5-10-22-17(25)11-24-13-23-19-18(20(24)26)16(12-27-19)14-6-8-15(21)9-7-14/h6-9,12-13H,2-5,10-11H2,1H3,(H,22,25). The molecule has 2 aromatic heterocycles. The predicted molar refractivity (Wildman–Crippen MR) is 106 cm³/mol. The fourth-order valence-corrected chi connectivity index (χ4v) is 3.82. The van der Waals surface area contributed by atoms with E-state index in [9.17, 15) is 14.0 Å². The molecule has 27 heavy (non-hydrogen) atoms. The number of rotatable bonds is 8. The number of benzene rings is 1. The maximum absolute atomic E-state index is 13.2. The average Bonchev–Trinajstić information content (AvgIpc) is 3.09. The molecule has 142 valence electrons. The number of hydrogen-bond acceptors (Lipinski definition) is 4. The Bertz CT molecular complexity index is 979. The fourth-order valence-electron chi connectivity index (χ4n) is 2.91. The number of carbonyl (C=O) groups excluding carboxylic acids is 1. The minimum Gasteiger partial charge on any atom is -0.355 e. The zero-order valence-electron chi connectivity index (χ0n) is 15.2. The van der Waals surface area contributed by atoms with E-state index in [2.05, 4.69) is 17.2 Å². The normalized spacial score (nSPS) is 11.0. The zero-order valence-corrected chi connectivity index (χ0v) is 16.0. The van der Waals surface area contributed by atoms with Crippen molar-refractivity contribution in [3.8, 4) is 11.1 Å². The predicted octanol–water partition coefficient (Wildman–Crippen LogP) is 3.96. The molecule has 0 saturated heterocycles. The minimum atomic E-state index is -0.329. The second kappa shape index (κ2) is 8.90. The number of fused-ring (bicyclic) bond motifs is 1. The summed E-state index contributed by atoms with van der Waals surface area (Å²) in [5.41, 5.74) is 1.20.